The fourth-order valence-electron chi connectivity index (χ4n) is 2.77. The van der Waals surface area contributed by atoms with Gasteiger partial charge < -0.3 is 16.4 Å². The van der Waals surface area contributed by atoms with Gasteiger partial charge in [0, 0.05) is 18.0 Å². The lowest BCUT2D eigenvalue weighted by atomic mass is 10.1. The molecular weight excluding hydrogens is 254 g/mol. The van der Waals surface area contributed by atoms with Gasteiger partial charge in [0.05, 0.1) is 6.54 Å². The zero-order valence-electron chi connectivity index (χ0n) is 12.2. The SMILES string of the molecule is CCc1nc(N)c(C)c(N(CC(N)=O)C2CCCC2)n1. The number of aromatic nitrogens is 2. The lowest BCUT2D eigenvalue weighted by Gasteiger charge is -2.30. The zero-order valence-corrected chi connectivity index (χ0v) is 12.2. The topological polar surface area (TPSA) is 98.1 Å². The van der Waals surface area contributed by atoms with Crippen LogP contribution >= 0.6 is 0 Å². The molecule has 0 radical (unpaired) electrons. The van der Waals surface area contributed by atoms with Gasteiger partial charge >= 0.3 is 0 Å². The van der Waals surface area contributed by atoms with E-state index in [1.54, 1.807) is 0 Å². The predicted octanol–water partition coefficient (Wildman–Crippen LogP) is 1.16. The number of anilines is 2. The molecule has 1 aromatic heterocycles. The Morgan fingerprint density at radius 3 is 2.55 bits per heavy atom. The van der Waals surface area contributed by atoms with Crippen LogP contribution in [-0.4, -0.2) is 28.5 Å². The van der Waals surface area contributed by atoms with E-state index in [1.165, 1.54) is 12.8 Å². The van der Waals surface area contributed by atoms with Crippen molar-refractivity contribution in [2.45, 2.75) is 52.0 Å². The molecule has 0 bridgehead atoms. The van der Waals surface area contributed by atoms with Gasteiger partial charge in [0.2, 0.25) is 5.91 Å². The average molecular weight is 277 g/mol. The number of amides is 1. The van der Waals surface area contributed by atoms with Gasteiger partial charge in [-0.05, 0) is 19.8 Å². The van der Waals surface area contributed by atoms with Gasteiger partial charge in [0.15, 0.2) is 0 Å². The Bertz CT molecular complexity index is 497. The minimum absolute atomic E-state index is 0.186. The summed E-state index contributed by atoms with van der Waals surface area (Å²) in [4.78, 5) is 22.3. The number of hydrogen-bond donors (Lipinski definition) is 2. The van der Waals surface area contributed by atoms with E-state index in [1.807, 2.05) is 18.7 Å². The number of aryl methyl sites for hydroxylation is 1. The minimum atomic E-state index is -0.341. The van der Waals surface area contributed by atoms with Crippen LogP contribution in [0, 0.1) is 6.92 Å². The molecule has 1 aliphatic carbocycles. The number of carbonyl (C=O) groups is 1. The molecule has 1 heterocycles. The van der Waals surface area contributed by atoms with Crippen molar-refractivity contribution >= 4 is 17.5 Å². The van der Waals surface area contributed by atoms with Crippen molar-refractivity contribution in [2.24, 2.45) is 5.73 Å². The van der Waals surface area contributed by atoms with E-state index in [9.17, 15) is 4.79 Å². The molecular formula is C14H23N5O. The van der Waals surface area contributed by atoms with E-state index < -0.39 is 0 Å². The maximum absolute atomic E-state index is 11.4. The summed E-state index contributed by atoms with van der Waals surface area (Å²) in [5.74, 6) is 1.61. The molecule has 0 spiro atoms. The number of primary amides is 1. The molecule has 2 rings (SSSR count). The normalized spacial score (nSPS) is 15.5. The predicted molar refractivity (Wildman–Crippen MR) is 79.4 cm³/mol. The molecule has 4 N–H and O–H groups in total. The van der Waals surface area contributed by atoms with Crippen molar-refractivity contribution in [2.75, 3.05) is 17.2 Å². The molecule has 1 fully saturated rings. The lowest BCUT2D eigenvalue weighted by Crippen LogP contribution is -2.41. The summed E-state index contributed by atoms with van der Waals surface area (Å²) >= 11 is 0. The quantitative estimate of drug-likeness (QED) is 0.841. The van der Waals surface area contributed by atoms with E-state index in [4.69, 9.17) is 11.5 Å². The van der Waals surface area contributed by atoms with Crippen LogP contribution in [0.4, 0.5) is 11.6 Å². The van der Waals surface area contributed by atoms with Crippen LogP contribution in [-0.2, 0) is 11.2 Å². The van der Waals surface area contributed by atoms with E-state index in [0.29, 0.717) is 24.1 Å². The van der Waals surface area contributed by atoms with Crippen molar-refractivity contribution < 1.29 is 4.79 Å². The van der Waals surface area contributed by atoms with Crippen LogP contribution in [0.2, 0.25) is 0 Å². The highest BCUT2D eigenvalue weighted by Gasteiger charge is 2.27. The highest BCUT2D eigenvalue weighted by atomic mass is 16.1. The smallest absolute Gasteiger partial charge is 0.237 e. The van der Waals surface area contributed by atoms with Crippen molar-refractivity contribution in [1.29, 1.82) is 0 Å². The monoisotopic (exact) mass is 277 g/mol. The highest BCUT2D eigenvalue weighted by molar-refractivity contribution is 5.80. The molecule has 0 atom stereocenters. The summed E-state index contributed by atoms with van der Waals surface area (Å²) < 4.78 is 0. The second kappa shape index (κ2) is 6.07. The molecule has 0 unspecified atom stereocenters. The molecule has 1 aromatic rings. The van der Waals surface area contributed by atoms with E-state index in [0.717, 1.165) is 24.2 Å². The van der Waals surface area contributed by atoms with Gasteiger partial charge in [-0.3, -0.25) is 4.79 Å². The first-order valence-corrected chi connectivity index (χ1v) is 7.20. The summed E-state index contributed by atoms with van der Waals surface area (Å²) in [6.45, 7) is 4.07. The maximum Gasteiger partial charge on any atom is 0.237 e. The van der Waals surface area contributed by atoms with Crippen LogP contribution in [0.3, 0.4) is 0 Å². The van der Waals surface area contributed by atoms with Crippen LogP contribution in [0.25, 0.3) is 0 Å². The lowest BCUT2D eigenvalue weighted by molar-refractivity contribution is -0.116. The molecule has 1 amide bonds. The van der Waals surface area contributed by atoms with Gasteiger partial charge in [-0.15, -0.1) is 0 Å². The van der Waals surface area contributed by atoms with Crippen molar-refractivity contribution in [3.05, 3.63) is 11.4 Å². The first-order chi connectivity index (χ1) is 9.52. The van der Waals surface area contributed by atoms with Gasteiger partial charge in [0.1, 0.15) is 17.5 Å². The largest absolute Gasteiger partial charge is 0.383 e. The minimum Gasteiger partial charge on any atom is -0.383 e. The number of carbonyl (C=O) groups excluding carboxylic acids is 1. The molecule has 1 saturated carbocycles. The highest BCUT2D eigenvalue weighted by Crippen LogP contribution is 2.30. The van der Waals surface area contributed by atoms with Gasteiger partial charge in [-0.2, -0.15) is 0 Å². The second-order valence-electron chi connectivity index (χ2n) is 5.36. The first-order valence-electron chi connectivity index (χ1n) is 7.20. The summed E-state index contributed by atoms with van der Waals surface area (Å²) in [5.41, 5.74) is 12.2. The fourth-order valence-corrected chi connectivity index (χ4v) is 2.77. The Morgan fingerprint density at radius 1 is 1.35 bits per heavy atom. The number of nitrogens with zero attached hydrogens (tertiary/aromatic N) is 3. The summed E-state index contributed by atoms with van der Waals surface area (Å²) in [7, 11) is 0. The third-order valence-electron chi connectivity index (χ3n) is 3.88. The van der Waals surface area contributed by atoms with Crippen LogP contribution in [0.15, 0.2) is 0 Å². The van der Waals surface area contributed by atoms with Crippen molar-refractivity contribution in [1.82, 2.24) is 9.97 Å². The Balaban J connectivity index is 2.41. The van der Waals surface area contributed by atoms with E-state index >= 15 is 0 Å². The summed E-state index contributed by atoms with van der Waals surface area (Å²) in [5, 5.41) is 0. The fraction of sp³-hybridized carbons (Fsp3) is 0.643. The number of hydrogen-bond acceptors (Lipinski definition) is 5. The Labute approximate surface area is 119 Å². The van der Waals surface area contributed by atoms with Gasteiger partial charge in [-0.25, -0.2) is 9.97 Å². The molecule has 6 heteroatoms. The third-order valence-corrected chi connectivity index (χ3v) is 3.88. The third kappa shape index (κ3) is 3.00. The van der Waals surface area contributed by atoms with Crippen molar-refractivity contribution in [3.8, 4) is 0 Å². The van der Waals surface area contributed by atoms with Crippen LogP contribution in [0.5, 0.6) is 0 Å². The molecule has 6 nitrogen and oxygen atoms in total. The zero-order chi connectivity index (χ0) is 14.7. The first kappa shape index (κ1) is 14.6. The van der Waals surface area contributed by atoms with Crippen LogP contribution in [0.1, 0.15) is 44.0 Å². The van der Waals surface area contributed by atoms with E-state index in [-0.39, 0.29) is 12.5 Å². The molecule has 0 aromatic carbocycles. The maximum atomic E-state index is 11.4. The van der Waals surface area contributed by atoms with Crippen LogP contribution < -0.4 is 16.4 Å². The molecule has 20 heavy (non-hydrogen) atoms. The van der Waals surface area contributed by atoms with Crippen molar-refractivity contribution in [3.63, 3.8) is 0 Å². The summed E-state index contributed by atoms with van der Waals surface area (Å²) in [6.07, 6.45) is 5.21. The standard InChI is InChI=1S/C14H23N5O/c1-3-12-17-13(16)9(2)14(18-12)19(8-11(15)20)10-6-4-5-7-10/h10H,3-8H2,1-2H3,(H2,15,20)(H2,16,17,18). The Kier molecular flexibility index (Phi) is 4.42. The number of nitrogens with two attached hydrogens (primary N) is 2. The molecule has 110 valence electrons. The molecule has 0 saturated heterocycles. The van der Waals surface area contributed by atoms with E-state index in [2.05, 4.69) is 9.97 Å². The number of nitrogen functional groups attached to an aromatic ring is 1. The number of rotatable bonds is 5. The average Bonchev–Trinajstić information content (AvgIpc) is 2.93. The van der Waals surface area contributed by atoms with Gasteiger partial charge in [-0.1, -0.05) is 19.8 Å². The Morgan fingerprint density at radius 2 is 2.00 bits per heavy atom. The molecule has 1 aliphatic rings. The second-order valence-corrected chi connectivity index (χ2v) is 5.36. The van der Waals surface area contributed by atoms with Gasteiger partial charge in [0.25, 0.3) is 0 Å². The summed E-state index contributed by atoms with van der Waals surface area (Å²) in [6, 6.07) is 0.320. The Hall–Kier alpha value is -1.85. The molecule has 0 aliphatic heterocycles.